The zero-order valence-electron chi connectivity index (χ0n) is 12.4. The molecule has 1 saturated heterocycles. The Kier molecular flexibility index (Phi) is 4.29. The van der Waals surface area contributed by atoms with E-state index in [4.69, 9.17) is 5.26 Å². The van der Waals surface area contributed by atoms with Gasteiger partial charge in [-0.3, -0.25) is 4.79 Å². The summed E-state index contributed by atoms with van der Waals surface area (Å²) in [5.41, 5.74) is 0. The lowest BCUT2D eigenvalue weighted by Crippen LogP contribution is -2.44. The molecule has 4 unspecified atom stereocenters. The van der Waals surface area contributed by atoms with Crippen molar-refractivity contribution >= 4 is 5.91 Å². The number of fused-ring (bicyclic) bond motifs is 1. The summed E-state index contributed by atoms with van der Waals surface area (Å²) >= 11 is 0. The van der Waals surface area contributed by atoms with Gasteiger partial charge in [0.1, 0.15) is 0 Å². The first-order chi connectivity index (χ1) is 9.78. The zero-order valence-corrected chi connectivity index (χ0v) is 12.4. The third-order valence-corrected chi connectivity index (χ3v) is 5.80. The fraction of sp³-hybridized carbons (Fsp3) is 0.882. The number of hydrogen-bond acceptors (Lipinski definition) is 2. The number of hydrogen-bond donors (Lipinski definition) is 0. The third-order valence-electron chi connectivity index (χ3n) is 5.80. The topological polar surface area (TPSA) is 44.1 Å². The van der Waals surface area contributed by atoms with Gasteiger partial charge in [-0.2, -0.15) is 5.26 Å². The standard InChI is InChI=1S/C17H26N2O/c18-11-13-4-3-9-19(12-13)17(20)16-8-7-14-5-1-2-6-15(14)10-16/h13-16H,1-10,12H2. The maximum absolute atomic E-state index is 12.7. The maximum atomic E-state index is 12.7. The number of amides is 1. The SMILES string of the molecule is N#CC1CCCN(C(=O)C2CCC3CCCCC3C2)C1. The predicted molar refractivity (Wildman–Crippen MR) is 77.7 cm³/mol. The quantitative estimate of drug-likeness (QED) is 0.736. The molecule has 0 radical (unpaired) electrons. The molecular formula is C17H26N2O. The Morgan fingerprint density at radius 2 is 1.80 bits per heavy atom. The predicted octanol–water partition coefficient (Wildman–Crippen LogP) is 3.36. The Labute approximate surface area is 122 Å². The van der Waals surface area contributed by atoms with Crippen molar-refractivity contribution < 1.29 is 4.79 Å². The smallest absolute Gasteiger partial charge is 0.225 e. The van der Waals surface area contributed by atoms with Gasteiger partial charge in [0, 0.05) is 19.0 Å². The van der Waals surface area contributed by atoms with Gasteiger partial charge < -0.3 is 4.90 Å². The second-order valence-corrected chi connectivity index (χ2v) is 7.07. The van der Waals surface area contributed by atoms with Crippen molar-refractivity contribution in [2.24, 2.45) is 23.7 Å². The summed E-state index contributed by atoms with van der Waals surface area (Å²) in [5.74, 6) is 2.39. The van der Waals surface area contributed by atoms with Crippen LogP contribution in [-0.2, 0) is 4.79 Å². The molecule has 4 atom stereocenters. The number of rotatable bonds is 1. The molecule has 0 aromatic carbocycles. The van der Waals surface area contributed by atoms with Gasteiger partial charge in [0.25, 0.3) is 0 Å². The van der Waals surface area contributed by atoms with Gasteiger partial charge in [0.2, 0.25) is 5.91 Å². The molecule has 20 heavy (non-hydrogen) atoms. The molecule has 3 heteroatoms. The number of nitriles is 1. The van der Waals surface area contributed by atoms with Crippen LogP contribution in [0.5, 0.6) is 0 Å². The lowest BCUT2D eigenvalue weighted by molar-refractivity contribution is -0.139. The number of carbonyl (C=O) groups is 1. The van der Waals surface area contributed by atoms with E-state index in [9.17, 15) is 4.79 Å². The van der Waals surface area contributed by atoms with Crippen LogP contribution in [0.15, 0.2) is 0 Å². The molecule has 2 saturated carbocycles. The average Bonchev–Trinajstić information content (AvgIpc) is 2.53. The molecule has 2 aliphatic carbocycles. The first-order valence-electron chi connectivity index (χ1n) is 8.46. The minimum absolute atomic E-state index is 0.0683. The van der Waals surface area contributed by atoms with E-state index in [0.717, 1.165) is 44.1 Å². The van der Waals surface area contributed by atoms with Crippen LogP contribution >= 0.6 is 0 Å². The van der Waals surface area contributed by atoms with Crippen LogP contribution in [0.4, 0.5) is 0 Å². The van der Waals surface area contributed by atoms with Crippen LogP contribution < -0.4 is 0 Å². The van der Waals surface area contributed by atoms with E-state index < -0.39 is 0 Å². The van der Waals surface area contributed by atoms with Crippen molar-refractivity contribution in [2.75, 3.05) is 13.1 Å². The van der Waals surface area contributed by atoms with Gasteiger partial charge in [0.05, 0.1) is 12.0 Å². The molecule has 3 nitrogen and oxygen atoms in total. The number of nitrogens with zero attached hydrogens (tertiary/aromatic N) is 2. The fourth-order valence-corrected chi connectivity index (χ4v) is 4.64. The summed E-state index contributed by atoms with van der Waals surface area (Å²) in [5, 5.41) is 9.07. The molecule has 3 aliphatic rings. The minimum Gasteiger partial charge on any atom is -0.341 e. The molecule has 0 aromatic rings. The molecule has 3 fully saturated rings. The Bertz CT molecular complexity index is 400. The highest BCUT2D eigenvalue weighted by molar-refractivity contribution is 5.79. The monoisotopic (exact) mass is 274 g/mol. The molecule has 3 rings (SSSR count). The van der Waals surface area contributed by atoms with Crippen molar-refractivity contribution in [3.8, 4) is 6.07 Å². The first kappa shape index (κ1) is 13.9. The zero-order chi connectivity index (χ0) is 13.9. The summed E-state index contributed by atoms with van der Waals surface area (Å²) in [7, 11) is 0. The summed E-state index contributed by atoms with van der Waals surface area (Å²) in [4.78, 5) is 14.7. The van der Waals surface area contributed by atoms with Crippen LogP contribution in [0.3, 0.4) is 0 Å². The van der Waals surface area contributed by atoms with Crippen LogP contribution in [0.25, 0.3) is 0 Å². The first-order valence-corrected chi connectivity index (χ1v) is 8.46. The highest BCUT2D eigenvalue weighted by Gasteiger charge is 2.37. The molecule has 0 bridgehead atoms. The largest absolute Gasteiger partial charge is 0.341 e. The Morgan fingerprint density at radius 3 is 2.60 bits per heavy atom. The number of likely N-dealkylation sites (tertiary alicyclic amines) is 1. The molecule has 0 spiro atoms. The fourth-order valence-electron chi connectivity index (χ4n) is 4.64. The Morgan fingerprint density at radius 1 is 1.00 bits per heavy atom. The molecular weight excluding hydrogens is 248 g/mol. The minimum atomic E-state index is 0.0683. The van der Waals surface area contributed by atoms with Crippen molar-refractivity contribution in [3.63, 3.8) is 0 Å². The van der Waals surface area contributed by atoms with Gasteiger partial charge in [-0.25, -0.2) is 0 Å². The molecule has 1 amide bonds. The number of piperidine rings is 1. The summed E-state index contributed by atoms with van der Waals surface area (Å²) in [6.45, 7) is 1.56. The van der Waals surface area contributed by atoms with Gasteiger partial charge in [-0.1, -0.05) is 25.7 Å². The maximum Gasteiger partial charge on any atom is 0.225 e. The summed E-state index contributed by atoms with van der Waals surface area (Å²) in [6, 6.07) is 2.34. The van der Waals surface area contributed by atoms with Gasteiger partial charge in [-0.15, -0.1) is 0 Å². The van der Waals surface area contributed by atoms with Crippen LogP contribution in [0, 0.1) is 35.0 Å². The molecule has 1 heterocycles. The second kappa shape index (κ2) is 6.16. The van der Waals surface area contributed by atoms with Crippen molar-refractivity contribution in [1.29, 1.82) is 5.26 Å². The van der Waals surface area contributed by atoms with Gasteiger partial charge in [0.15, 0.2) is 0 Å². The molecule has 110 valence electrons. The van der Waals surface area contributed by atoms with Crippen LogP contribution in [-0.4, -0.2) is 23.9 Å². The number of carbonyl (C=O) groups excluding carboxylic acids is 1. The second-order valence-electron chi connectivity index (χ2n) is 7.07. The van der Waals surface area contributed by atoms with E-state index in [2.05, 4.69) is 6.07 Å². The lowest BCUT2D eigenvalue weighted by atomic mass is 9.67. The average molecular weight is 274 g/mol. The van der Waals surface area contributed by atoms with E-state index >= 15 is 0 Å². The Balaban J connectivity index is 1.58. The highest BCUT2D eigenvalue weighted by Crippen LogP contribution is 2.43. The Hall–Kier alpha value is -1.04. The van der Waals surface area contributed by atoms with Gasteiger partial charge >= 0.3 is 0 Å². The van der Waals surface area contributed by atoms with Crippen molar-refractivity contribution in [3.05, 3.63) is 0 Å². The van der Waals surface area contributed by atoms with Crippen LogP contribution in [0.1, 0.15) is 57.8 Å². The summed E-state index contributed by atoms with van der Waals surface area (Å²) in [6.07, 6.45) is 10.9. The van der Waals surface area contributed by atoms with Crippen molar-refractivity contribution in [1.82, 2.24) is 4.90 Å². The third kappa shape index (κ3) is 2.85. The molecule has 0 N–H and O–H groups in total. The van der Waals surface area contributed by atoms with E-state index in [-0.39, 0.29) is 11.8 Å². The van der Waals surface area contributed by atoms with E-state index in [1.165, 1.54) is 32.1 Å². The highest BCUT2D eigenvalue weighted by atomic mass is 16.2. The van der Waals surface area contributed by atoms with E-state index in [1.54, 1.807) is 0 Å². The van der Waals surface area contributed by atoms with Gasteiger partial charge in [-0.05, 0) is 43.9 Å². The van der Waals surface area contributed by atoms with E-state index in [1.807, 2.05) is 4.90 Å². The van der Waals surface area contributed by atoms with E-state index in [0.29, 0.717) is 12.5 Å². The molecule has 1 aliphatic heterocycles. The normalized spacial score (nSPS) is 37.9. The summed E-state index contributed by atoms with van der Waals surface area (Å²) < 4.78 is 0. The van der Waals surface area contributed by atoms with Crippen molar-refractivity contribution in [2.45, 2.75) is 57.8 Å². The lowest BCUT2D eigenvalue weighted by Gasteiger charge is -2.41. The molecule has 0 aromatic heterocycles. The van der Waals surface area contributed by atoms with Crippen LogP contribution in [0.2, 0.25) is 0 Å².